The van der Waals surface area contributed by atoms with Crippen LogP contribution in [0.2, 0.25) is 0 Å². The maximum absolute atomic E-state index is 5.44. The van der Waals surface area contributed by atoms with Crippen molar-refractivity contribution in [3.63, 3.8) is 0 Å². The average Bonchev–Trinajstić information content (AvgIpc) is 3.24. The highest BCUT2D eigenvalue weighted by Gasteiger charge is 2.55. The van der Waals surface area contributed by atoms with Crippen LogP contribution in [0, 0.1) is 6.66 Å². The molecule has 0 saturated carbocycles. The number of rotatable bonds is 7. The van der Waals surface area contributed by atoms with Crippen LogP contribution in [0.25, 0.3) is 0 Å². The van der Waals surface area contributed by atoms with Gasteiger partial charge < -0.3 is 0 Å². The Morgan fingerprint density at radius 2 is 1.13 bits per heavy atom. The van der Waals surface area contributed by atoms with Crippen LogP contribution in [0.3, 0.4) is 0 Å². The average molecular weight is 536 g/mol. The molecule has 194 valence electrons. The monoisotopic (exact) mass is 535 g/mol. The van der Waals surface area contributed by atoms with Crippen molar-refractivity contribution in [2.75, 3.05) is 6.54 Å². The zero-order valence-corrected chi connectivity index (χ0v) is 24.3. The molecule has 2 aliphatic rings. The van der Waals surface area contributed by atoms with Crippen LogP contribution in [0.1, 0.15) is 66.2 Å². The van der Waals surface area contributed by atoms with Crippen LogP contribution in [-0.4, -0.2) is 11.0 Å². The van der Waals surface area contributed by atoms with Crippen molar-refractivity contribution in [3.8, 4) is 0 Å². The second-order valence-corrected chi connectivity index (χ2v) is 16.7. The summed E-state index contributed by atoms with van der Waals surface area (Å²) < 4.78 is 3.04. The van der Waals surface area contributed by atoms with Crippen molar-refractivity contribution in [2.24, 2.45) is 0 Å². The molecular formula is C35H39NP2. The molecule has 4 aromatic carbocycles. The molecule has 0 spiro atoms. The van der Waals surface area contributed by atoms with E-state index < -0.39 is 15.5 Å². The SMILES string of the molecule is [CH2-][P+]1(N(CCCC)P2c3ccccc3CCc3ccccc32)[C@H](c2ccccc2)CC[C@H]1c1ccccc1. The summed E-state index contributed by atoms with van der Waals surface area (Å²) in [6, 6.07) is 41.4. The van der Waals surface area contributed by atoms with E-state index in [-0.39, 0.29) is 0 Å². The molecule has 0 unspecified atom stereocenters. The molecule has 4 aromatic rings. The normalized spacial score (nSPS) is 20.6. The third-order valence-electron chi connectivity index (χ3n) is 8.64. The first-order valence-electron chi connectivity index (χ1n) is 14.3. The predicted molar refractivity (Wildman–Crippen MR) is 168 cm³/mol. The maximum Gasteiger partial charge on any atom is 0.0845 e. The van der Waals surface area contributed by atoms with E-state index in [1.807, 2.05) is 0 Å². The van der Waals surface area contributed by atoms with E-state index in [1.165, 1.54) is 47.9 Å². The molecule has 2 heterocycles. The number of aryl methyl sites for hydroxylation is 2. The summed E-state index contributed by atoms with van der Waals surface area (Å²) >= 11 is 0. The van der Waals surface area contributed by atoms with E-state index in [1.54, 1.807) is 10.6 Å². The van der Waals surface area contributed by atoms with Gasteiger partial charge in [-0.1, -0.05) is 123 Å². The molecule has 0 aliphatic carbocycles. The Kier molecular flexibility index (Phi) is 7.81. The number of hydrogen-bond donors (Lipinski definition) is 0. The Labute approximate surface area is 231 Å². The summed E-state index contributed by atoms with van der Waals surface area (Å²) in [4.78, 5) is 0. The zero-order chi connectivity index (χ0) is 26.0. The minimum absolute atomic E-state index is 0.496. The van der Waals surface area contributed by atoms with Crippen molar-refractivity contribution in [1.82, 2.24) is 4.44 Å². The van der Waals surface area contributed by atoms with Gasteiger partial charge in [0.2, 0.25) is 0 Å². The molecule has 0 N–H and O–H groups in total. The largest absolute Gasteiger partial charge is 0.179 e. The molecule has 1 saturated heterocycles. The van der Waals surface area contributed by atoms with Gasteiger partial charge in [0.1, 0.15) is 0 Å². The fraction of sp³-hybridized carbons (Fsp3) is 0.286. The van der Waals surface area contributed by atoms with Gasteiger partial charge in [-0.3, -0.25) is 0 Å². The van der Waals surface area contributed by atoms with E-state index in [4.69, 9.17) is 6.66 Å². The van der Waals surface area contributed by atoms with Crippen LogP contribution in [0.5, 0.6) is 0 Å². The standard InChI is InChI=1S/C35H39NP2/c1-3-4-27-36(37-32-21-13-11-15-28(32)23-24-29-16-12-14-22-33(29)37)38(2)34(30-17-7-5-8-18-30)25-26-35(38)31-19-9-6-10-20-31/h5-22,34-35H,2-4,23-27H2,1H3/t34-,35-/m0/s1. The molecule has 38 heavy (non-hydrogen) atoms. The maximum atomic E-state index is 5.44. The molecule has 1 nitrogen and oxygen atoms in total. The minimum Gasteiger partial charge on any atom is -0.179 e. The summed E-state index contributed by atoms with van der Waals surface area (Å²) in [5.74, 6) is 0. The molecule has 0 radical (unpaired) electrons. The molecule has 2 atom stereocenters. The smallest absolute Gasteiger partial charge is 0.0845 e. The first-order chi connectivity index (χ1) is 18.7. The Balaban J connectivity index is 1.59. The molecular weight excluding hydrogens is 496 g/mol. The lowest BCUT2D eigenvalue weighted by molar-refractivity contribution is 0.625. The van der Waals surface area contributed by atoms with Gasteiger partial charge >= 0.3 is 0 Å². The summed E-state index contributed by atoms with van der Waals surface area (Å²) in [5, 5.41) is 3.13. The minimum atomic E-state index is -1.91. The molecule has 2 aliphatic heterocycles. The van der Waals surface area contributed by atoms with E-state index in [2.05, 4.69) is 121 Å². The number of benzene rings is 4. The van der Waals surface area contributed by atoms with Crippen LogP contribution in [-0.2, 0) is 12.8 Å². The number of hydrogen-bond acceptors (Lipinski definition) is 1. The summed E-state index contributed by atoms with van der Waals surface area (Å²) in [6.07, 6.45) is 7.10. The highest BCUT2D eigenvalue weighted by molar-refractivity contribution is 7.87. The Morgan fingerprint density at radius 3 is 1.61 bits per heavy atom. The van der Waals surface area contributed by atoms with Crippen LogP contribution < -0.4 is 10.6 Å². The second-order valence-electron chi connectivity index (χ2n) is 10.8. The van der Waals surface area contributed by atoms with Gasteiger partial charge in [-0.2, -0.15) is 11.1 Å². The Morgan fingerprint density at radius 1 is 0.684 bits per heavy atom. The predicted octanol–water partition coefficient (Wildman–Crippen LogP) is 9.24. The molecule has 1 fully saturated rings. The Bertz CT molecular complexity index is 1260. The van der Waals surface area contributed by atoms with Gasteiger partial charge in [-0.15, -0.1) is 0 Å². The van der Waals surface area contributed by atoms with Crippen molar-refractivity contribution in [1.29, 1.82) is 0 Å². The highest BCUT2D eigenvalue weighted by Crippen LogP contribution is 2.88. The first kappa shape index (κ1) is 26.0. The molecule has 0 amide bonds. The van der Waals surface area contributed by atoms with Gasteiger partial charge in [0.05, 0.1) is 19.4 Å². The Hall–Kier alpha value is -2.30. The van der Waals surface area contributed by atoms with Gasteiger partial charge in [-0.05, 0) is 61.8 Å². The fourth-order valence-electron chi connectivity index (χ4n) is 6.76. The first-order valence-corrected chi connectivity index (χ1v) is 17.6. The molecule has 3 heteroatoms. The van der Waals surface area contributed by atoms with Crippen LogP contribution in [0.4, 0.5) is 0 Å². The van der Waals surface area contributed by atoms with Crippen LogP contribution >= 0.6 is 15.5 Å². The molecule has 0 bridgehead atoms. The lowest BCUT2D eigenvalue weighted by atomic mass is 10.0. The van der Waals surface area contributed by atoms with E-state index in [0.717, 1.165) is 19.4 Å². The number of nitrogens with zero attached hydrogens (tertiary/aromatic N) is 1. The zero-order valence-electron chi connectivity index (χ0n) is 22.5. The number of fused-ring (bicyclic) bond motifs is 2. The fourth-order valence-corrected chi connectivity index (χ4v) is 16.0. The van der Waals surface area contributed by atoms with Crippen LogP contribution in [0.15, 0.2) is 109 Å². The van der Waals surface area contributed by atoms with Gasteiger partial charge in [-0.25, -0.2) is 0 Å². The van der Waals surface area contributed by atoms with E-state index >= 15 is 0 Å². The van der Waals surface area contributed by atoms with Crippen molar-refractivity contribution in [3.05, 3.63) is 138 Å². The van der Waals surface area contributed by atoms with Crippen molar-refractivity contribution >= 4 is 26.1 Å². The summed E-state index contributed by atoms with van der Waals surface area (Å²) in [5.41, 5.74) is 7.04. The molecule has 0 aromatic heterocycles. The van der Waals surface area contributed by atoms with E-state index in [9.17, 15) is 0 Å². The third-order valence-corrected chi connectivity index (χ3v) is 17.0. The summed E-state index contributed by atoms with van der Waals surface area (Å²) in [7, 11) is -2.59. The van der Waals surface area contributed by atoms with Gasteiger partial charge in [0.15, 0.2) is 0 Å². The number of unbranched alkanes of at least 4 members (excludes halogenated alkanes) is 1. The van der Waals surface area contributed by atoms with Gasteiger partial charge in [0.25, 0.3) is 0 Å². The highest BCUT2D eigenvalue weighted by atomic mass is 31.2. The lowest BCUT2D eigenvalue weighted by Gasteiger charge is -2.49. The topological polar surface area (TPSA) is 3.24 Å². The van der Waals surface area contributed by atoms with Crippen molar-refractivity contribution < 1.29 is 0 Å². The van der Waals surface area contributed by atoms with E-state index in [0.29, 0.717) is 11.3 Å². The molecule has 6 rings (SSSR count). The quantitative estimate of drug-likeness (QED) is 0.168. The third kappa shape index (κ3) is 4.69. The summed E-state index contributed by atoms with van der Waals surface area (Å²) in [6.45, 7) is 8.90. The van der Waals surface area contributed by atoms with Crippen molar-refractivity contribution in [2.45, 2.75) is 56.8 Å². The lowest BCUT2D eigenvalue weighted by Crippen LogP contribution is -2.32. The van der Waals surface area contributed by atoms with Gasteiger partial charge in [0, 0.05) is 17.2 Å². The second kappa shape index (κ2) is 11.4.